The molecular formula is C14H27N3O6. The number of carbonyl (C=O) groups is 3. The molecule has 0 aliphatic carbocycles. The molecule has 0 aromatic carbocycles. The van der Waals surface area contributed by atoms with Gasteiger partial charge in [-0.25, -0.2) is 4.79 Å². The summed E-state index contributed by atoms with van der Waals surface area (Å²) in [5.74, 6) is -2.40. The third-order valence-corrected chi connectivity index (χ3v) is 3.10. The number of aliphatic hydroxyl groups excluding tert-OH is 1. The number of nitrogens with one attached hydrogen (secondary N) is 2. The number of Topliss-reactive ketones (excluding diaryl/α,β-unsaturated/α-hetero) is 1. The Labute approximate surface area is 135 Å². The van der Waals surface area contributed by atoms with Crippen LogP contribution in [0, 0.1) is 0 Å². The van der Waals surface area contributed by atoms with Crippen LogP contribution in [0.2, 0.25) is 0 Å². The summed E-state index contributed by atoms with van der Waals surface area (Å²) in [6.45, 7) is 1.55. The first-order valence-electron chi connectivity index (χ1n) is 7.49. The minimum atomic E-state index is -1.31. The molecule has 1 unspecified atom stereocenters. The third-order valence-electron chi connectivity index (χ3n) is 3.10. The van der Waals surface area contributed by atoms with Gasteiger partial charge in [0.1, 0.15) is 12.6 Å². The Bertz CT molecular complexity index is 391. The van der Waals surface area contributed by atoms with Crippen molar-refractivity contribution in [2.24, 2.45) is 5.73 Å². The summed E-state index contributed by atoms with van der Waals surface area (Å²) in [6.07, 6.45) is 0.546. The van der Waals surface area contributed by atoms with Crippen LogP contribution in [-0.4, -0.2) is 66.4 Å². The normalized spacial score (nSPS) is 14.8. The fourth-order valence-electron chi connectivity index (χ4n) is 1.86. The van der Waals surface area contributed by atoms with Gasteiger partial charge in [-0.1, -0.05) is 6.42 Å². The van der Waals surface area contributed by atoms with Crippen molar-refractivity contribution in [1.82, 2.24) is 10.6 Å². The molecule has 23 heavy (non-hydrogen) atoms. The molecule has 9 heteroatoms. The average Bonchev–Trinajstić information content (AvgIpc) is 2.47. The summed E-state index contributed by atoms with van der Waals surface area (Å²) >= 11 is 0. The average molecular weight is 333 g/mol. The Morgan fingerprint density at radius 1 is 1.26 bits per heavy atom. The van der Waals surface area contributed by atoms with Crippen LogP contribution >= 0.6 is 0 Å². The van der Waals surface area contributed by atoms with Gasteiger partial charge in [-0.15, -0.1) is 0 Å². The third kappa shape index (κ3) is 10.7. The lowest BCUT2D eigenvalue weighted by atomic mass is 10.1. The summed E-state index contributed by atoms with van der Waals surface area (Å²) in [6, 6.07) is -1.93. The van der Waals surface area contributed by atoms with E-state index in [1.807, 2.05) is 7.05 Å². The van der Waals surface area contributed by atoms with Gasteiger partial charge in [0.25, 0.3) is 0 Å². The summed E-state index contributed by atoms with van der Waals surface area (Å²) in [5.41, 5.74) is 5.74. The number of rotatable bonds is 13. The number of carboxylic acids is 1. The van der Waals surface area contributed by atoms with Crippen LogP contribution in [0.3, 0.4) is 0 Å². The predicted molar refractivity (Wildman–Crippen MR) is 82.6 cm³/mol. The van der Waals surface area contributed by atoms with Crippen LogP contribution in [0.15, 0.2) is 0 Å². The molecule has 0 bridgehead atoms. The number of hydrogen-bond acceptors (Lipinski definition) is 7. The van der Waals surface area contributed by atoms with Gasteiger partial charge in [-0.3, -0.25) is 9.59 Å². The van der Waals surface area contributed by atoms with Crippen molar-refractivity contribution in [1.29, 1.82) is 0 Å². The largest absolute Gasteiger partial charge is 0.480 e. The van der Waals surface area contributed by atoms with E-state index in [0.29, 0.717) is 6.42 Å². The van der Waals surface area contributed by atoms with E-state index in [0.717, 1.165) is 26.3 Å². The first kappa shape index (κ1) is 21.4. The lowest BCUT2D eigenvalue weighted by molar-refractivity contribution is -0.148. The monoisotopic (exact) mass is 333 g/mol. The quantitative estimate of drug-likeness (QED) is 0.204. The summed E-state index contributed by atoms with van der Waals surface area (Å²) in [5, 5.41) is 23.8. The van der Waals surface area contributed by atoms with E-state index in [1.165, 1.54) is 0 Å². The number of unbranched alkanes of at least 4 members (excludes halogenated alkanes) is 1. The summed E-state index contributed by atoms with van der Waals surface area (Å²) in [7, 11) is 1.84. The number of carboxylic acid groups (broad SMARTS) is 1. The van der Waals surface area contributed by atoms with Gasteiger partial charge in [0.05, 0.1) is 6.04 Å². The second-order valence-electron chi connectivity index (χ2n) is 5.30. The zero-order valence-corrected chi connectivity index (χ0v) is 13.6. The first-order chi connectivity index (χ1) is 10.8. The van der Waals surface area contributed by atoms with Crippen LogP contribution in [0.5, 0.6) is 0 Å². The molecule has 1 amide bonds. The summed E-state index contributed by atoms with van der Waals surface area (Å²) in [4.78, 5) is 33.4. The Morgan fingerprint density at radius 2 is 1.91 bits per heavy atom. The maximum Gasteiger partial charge on any atom is 0.326 e. The topological polar surface area (TPSA) is 151 Å². The van der Waals surface area contributed by atoms with Crippen LogP contribution in [0.25, 0.3) is 0 Å². The molecule has 0 saturated carbocycles. The SMILES string of the molecule is CNCCCC[C@H](N)C(O)OCC(=O)C[C@H](NC(C)=O)C(=O)O. The lowest BCUT2D eigenvalue weighted by Gasteiger charge is -2.19. The molecule has 0 radical (unpaired) electrons. The highest BCUT2D eigenvalue weighted by molar-refractivity contribution is 5.89. The number of nitrogens with two attached hydrogens (primary N) is 1. The van der Waals surface area contributed by atoms with Crippen molar-refractivity contribution >= 4 is 17.7 Å². The maximum absolute atomic E-state index is 11.7. The van der Waals surface area contributed by atoms with E-state index >= 15 is 0 Å². The van der Waals surface area contributed by atoms with E-state index in [2.05, 4.69) is 10.6 Å². The molecule has 6 N–H and O–H groups in total. The van der Waals surface area contributed by atoms with Crippen LogP contribution in [-0.2, 0) is 19.1 Å². The Morgan fingerprint density at radius 3 is 2.43 bits per heavy atom. The van der Waals surface area contributed by atoms with Crippen LogP contribution in [0.1, 0.15) is 32.6 Å². The van der Waals surface area contributed by atoms with Gasteiger partial charge in [-0.2, -0.15) is 0 Å². The number of aliphatic hydroxyl groups is 1. The highest BCUT2D eigenvalue weighted by Crippen LogP contribution is 2.05. The maximum atomic E-state index is 11.7. The molecule has 0 heterocycles. The predicted octanol–water partition coefficient (Wildman–Crippen LogP) is -1.41. The molecular weight excluding hydrogens is 306 g/mol. The first-order valence-corrected chi connectivity index (χ1v) is 7.49. The molecule has 0 saturated heterocycles. The minimum Gasteiger partial charge on any atom is -0.480 e. The molecule has 0 aromatic heterocycles. The summed E-state index contributed by atoms with van der Waals surface area (Å²) < 4.78 is 4.97. The van der Waals surface area contributed by atoms with Crippen molar-refractivity contribution in [3.8, 4) is 0 Å². The lowest BCUT2D eigenvalue weighted by Crippen LogP contribution is -2.42. The van der Waals surface area contributed by atoms with Crippen molar-refractivity contribution in [2.75, 3.05) is 20.2 Å². The van der Waals surface area contributed by atoms with E-state index in [-0.39, 0.29) is 0 Å². The molecule has 134 valence electrons. The number of ether oxygens (including phenoxy) is 1. The second-order valence-corrected chi connectivity index (χ2v) is 5.30. The fourth-order valence-corrected chi connectivity index (χ4v) is 1.86. The highest BCUT2D eigenvalue weighted by Gasteiger charge is 2.23. The number of hydrogen-bond donors (Lipinski definition) is 5. The van der Waals surface area contributed by atoms with Crippen molar-refractivity contribution in [3.05, 3.63) is 0 Å². The van der Waals surface area contributed by atoms with E-state index in [9.17, 15) is 19.5 Å². The van der Waals surface area contributed by atoms with E-state index in [1.54, 1.807) is 0 Å². The van der Waals surface area contributed by atoms with Gasteiger partial charge in [0.2, 0.25) is 5.91 Å². The Kier molecular flexibility index (Phi) is 11.1. The van der Waals surface area contributed by atoms with E-state index in [4.69, 9.17) is 15.6 Å². The van der Waals surface area contributed by atoms with Gasteiger partial charge in [0.15, 0.2) is 12.1 Å². The molecule has 0 fully saturated rings. The Balaban J connectivity index is 4.10. The number of ketones is 1. The number of aliphatic carboxylic acids is 1. The Hall–Kier alpha value is -1.55. The zero-order chi connectivity index (χ0) is 17.8. The molecule has 9 nitrogen and oxygen atoms in total. The molecule has 0 aromatic rings. The van der Waals surface area contributed by atoms with Gasteiger partial charge in [-0.05, 0) is 26.4 Å². The highest BCUT2D eigenvalue weighted by atomic mass is 16.6. The smallest absolute Gasteiger partial charge is 0.326 e. The van der Waals surface area contributed by atoms with Gasteiger partial charge < -0.3 is 31.3 Å². The van der Waals surface area contributed by atoms with Gasteiger partial charge in [0, 0.05) is 13.3 Å². The molecule has 0 spiro atoms. The number of carbonyl (C=O) groups excluding carboxylic acids is 2. The van der Waals surface area contributed by atoms with Crippen LogP contribution in [0.4, 0.5) is 0 Å². The zero-order valence-electron chi connectivity index (χ0n) is 13.6. The minimum absolute atomic E-state index is 0.418. The van der Waals surface area contributed by atoms with Crippen molar-refractivity contribution in [3.63, 3.8) is 0 Å². The van der Waals surface area contributed by atoms with Gasteiger partial charge >= 0.3 is 5.97 Å². The second kappa shape index (κ2) is 11.9. The van der Waals surface area contributed by atoms with Crippen molar-refractivity contribution < 1.29 is 29.3 Å². The van der Waals surface area contributed by atoms with Crippen molar-refractivity contribution in [2.45, 2.75) is 51.0 Å². The van der Waals surface area contributed by atoms with Crippen LogP contribution < -0.4 is 16.4 Å². The standard InChI is InChI=1S/C14H27N3O6/c1-9(18)17-12(13(20)21)7-10(19)8-23-14(22)11(15)5-3-4-6-16-2/h11-12,14,16,22H,3-8,15H2,1-2H3,(H,17,18)(H,20,21)/t11-,12-,14?/m0/s1. The fraction of sp³-hybridized carbons (Fsp3) is 0.786. The molecule has 0 rings (SSSR count). The van der Waals surface area contributed by atoms with E-state index < -0.39 is 49.1 Å². The molecule has 0 aliphatic heterocycles. The molecule has 0 aliphatic rings. The molecule has 3 atom stereocenters. The number of amides is 1.